The first-order valence-electron chi connectivity index (χ1n) is 8.35. The zero-order valence-corrected chi connectivity index (χ0v) is 13.3. The van der Waals surface area contributed by atoms with Crippen LogP contribution < -0.4 is 5.32 Å². The Bertz CT molecular complexity index is 444. The molecule has 1 N–H and O–H groups in total. The third-order valence-corrected chi connectivity index (χ3v) is 5.15. The van der Waals surface area contributed by atoms with Gasteiger partial charge in [0.2, 0.25) is 0 Å². The van der Waals surface area contributed by atoms with Gasteiger partial charge in [-0.25, -0.2) is 0 Å². The first kappa shape index (κ1) is 15.0. The van der Waals surface area contributed by atoms with Crippen molar-refractivity contribution in [2.45, 2.75) is 50.8 Å². The van der Waals surface area contributed by atoms with Gasteiger partial charge >= 0.3 is 0 Å². The van der Waals surface area contributed by atoms with E-state index in [0.717, 1.165) is 26.2 Å². The van der Waals surface area contributed by atoms with Gasteiger partial charge in [-0.3, -0.25) is 4.90 Å². The molecule has 1 aromatic rings. The molecule has 1 aromatic carbocycles. The van der Waals surface area contributed by atoms with Gasteiger partial charge in [-0.15, -0.1) is 0 Å². The van der Waals surface area contributed by atoms with Crippen LogP contribution in [0.2, 0.25) is 0 Å². The Morgan fingerprint density at radius 2 is 2.10 bits per heavy atom. The number of nitrogens with one attached hydrogen (secondary N) is 1. The Morgan fingerprint density at radius 3 is 2.81 bits per heavy atom. The van der Waals surface area contributed by atoms with Gasteiger partial charge in [-0.2, -0.15) is 0 Å². The van der Waals surface area contributed by atoms with Gasteiger partial charge < -0.3 is 10.1 Å². The number of hydrogen-bond donors (Lipinski definition) is 1. The van der Waals surface area contributed by atoms with E-state index >= 15 is 0 Å². The highest BCUT2D eigenvalue weighted by Gasteiger charge is 2.35. The quantitative estimate of drug-likeness (QED) is 0.925. The lowest BCUT2D eigenvalue weighted by Gasteiger charge is -2.38. The van der Waals surface area contributed by atoms with E-state index in [0.29, 0.717) is 12.1 Å². The van der Waals surface area contributed by atoms with Crippen molar-refractivity contribution in [2.24, 2.45) is 0 Å². The largest absolute Gasteiger partial charge is 0.377 e. The van der Waals surface area contributed by atoms with Crippen LogP contribution in [0.25, 0.3) is 0 Å². The summed E-state index contributed by atoms with van der Waals surface area (Å²) in [4.78, 5) is 2.63. The summed E-state index contributed by atoms with van der Waals surface area (Å²) < 4.78 is 5.92. The van der Waals surface area contributed by atoms with Crippen molar-refractivity contribution in [2.75, 3.05) is 26.2 Å². The second-order valence-electron chi connectivity index (χ2n) is 6.74. The standard InChI is InChI=1S/C18H28N2O/c1-15(17-10-6-13-21-17)20-12-7-11-19-18(2,14-20)16-8-4-3-5-9-16/h3-5,8-9,15,17,19H,6-7,10-14H2,1-2H3. The van der Waals surface area contributed by atoms with E-state index in [1.807, 2.05) is 0 Å². The Morgan fingerprint density at radius 1 is 1.29 bits per heavy atom. The van der Waals surface area contributed by atoms with Gasteiger partial charge in [-0.1, -0.05) is 30.3 Å². The summed E-state index contributed by atoms with van der Waals surface area (Å²) in [6.07, 6.45) is 4.06. The minimum atomic E-state index is 0.0324. The van der Waals surface area contributed by atoms with Crippen LogP contribution >= 0.6 is 0 Å². The van der Waals surface area contributed by atoms with Crippen LogP contribution in [0, 0.1) is 0 Å². The molecule has 2 fully saturated rings. The van der Waals surface area contributed by atoms with Crippen molar-refractivity contribution in [3.63, 3.8) is 0 Å². The smallest absolute Gasteiger partial charge is 0.0728 e. The maximum absolute atomic E-state index is 5.92. The fourth-order valence-electron chi connectivity index (χ4n) is 3.75. The number of nitrogens with zero attached hydrogens (tertiary/aromatic N) is 1. The molecule has 0 amide bonds. The average Bonchev–Trinajstić information content (AvgIpc) is 2.97. The molecule has 21 heavy (non-hydrogen) atoms. The Hall–Kier alpha value is -0.900. The molecule has 2 saturated heterocycles. The fourth-order valence-corrected chi connectivity index (χ4v) is 3.75. The number of ether oxygens (including phenoxy) is 1. The Kier molecular flexibility index (Phi) is 4.63. The van der Waals surface area contributed by atoms with Gasteiger partial charge in [-0.05, 0) is 51.8 Å². The van der Waals surface area contributed by atoms with E-state index in [1.54, 1.807) is 0 Å². The van der Waals surface area contributed by atoms with Gasteiger partial charge in [0.05, 0.1) is 11.6 Å². The minimum absolute atomic E-state index is 0.0324. The molecule has 116 valence electrons. The Labute approximate surface area is 128 Å². The molecule has 0 bridgehead atoms. The van der Waals surface area contributed by atoms with Crippen molar-refractivity contribution >= 4 is 0 Å². The third-order valence-electron chi connectivity index (χ3n) is 5.15. The van der Waals surface area contributed by atoms with Crippen LogP contribution in [0.5, 0.6) is 0 Å². The second-order valence-corrected chi connectivity index (χ2v) is 6.74. The fraction of sp³-hybridized carbons (Fsp3) is 0.667. The van der Waals surface area contributed by atoms with E-state index in [9.17, 15) is 0 Å². The lowest BCUT2D eigenvalue weighted by molar-refractivity contribution is 0.0250. The van der Waals surface area contributed by atoms with Crippen molar-refractivity contribution < 1.29 is 4.74 Å². The number of hydrogen-bond acceptors (Lipinski definition) is 3. The molecule has 0 spiro atoms. The SMILES string of the molecule is CC(C1CCCO1)N1CCCNC(C)(c2ccccc2)C1. The van der Waals surface area contributed by atoms with Gasteiger partial charge in [0.15, 0.2) is 0 Å². The Balaban J connectivity index is 1.76. The van der Waals surface area contributed by atoms with Gasteiger partial charge in [0.1, 0.15) is 0 Å². The lowest BCUT2D eigenvalue weighted by Crippen LogP contribution is -2.51. The first-order valence-corrected chi connectivity index (χ1v) is 8.35. The molecule has 3 rings (SSSR count). The molecule has 3 heteroatoms. The summed E-state index contributed by atoms with van der Waals surface area (Å²) >= 11 is 0. The van der Waals surface area contributed by atoms with Gasteiger partial charge in [0, 0.05) is 19.2 Å². The summed E-state index contributed by atoms with van der Waals surface area (Å²) in [6, 6.07) is 11.4. The summed E-state index contributed by atoms with van der Waals surface area (Å²) in [5.41, 5.74) is 1.42. The van der Waals surface area contributed by atoms with Crippen molar-refractivity contribution in [1.29, 1.82) is 0 Å². The molecule has 0 radical (unpaired) electrons. The molecular weight excluding hydrogens is 260 g/mol. The highest BCUT2D eigenvalue weighted by atomic mass is 16.5. The summed E-state index contributed by atoms with van der Waals surface area (Å²) in [5.74, 6) is 0. The highest BCUT2D eigenvalue weighted by molar-refractivity contribution is 5.24. The maximum atomic E-state index is 5.92. The molecule has 3 unspecified atom stereocenters. The molecule has 0 aliphatic carbocycles. The monoisotopic (exact) mass is 288 g/mol. The lowest BCUT2D eigenvalue weighted by atomic mass is 9.91. The molecule has 2 aliphatic heterocycles. The van der Waals surface area contributed by atoms with Crippen molar-refractivity contribution in [3.05, 3.63) is 35.9 Å². The average molecular weight is 288 g/mol. The van der Waals surface area contributed by atoms with Crippen LogP contribution in [-0.4, -0.2) is 43.3 Å². The highest BCUT2D eigenvalue weighted by Crippen LogP contribution is 2.27. The zero-order chi connectivity index (χ0) is 14.7. The van der Waals surface area contributed by atoms with Crippen LogP contribution in [0.1, 0.15) is 38.7 Å². The van der Waals surface area contributed by atoms with Crippen molar-refractivity contribution in [3.8, 4) is 0 Å². The zero-order valence-electron chi connectivity index (χ0n) is 13.3. The topological polar surface area (TPSA) is 24.5 Å². The molecule has 0 aromatic heterocycles. The predicted molar refractivity (Wildman–Crippen MR) is 86.4 cm³/mol. The molecule has 3 nitrogen and oxygen atoms in total. The van der Waals surface area contributed by atoms with E-state index in [1.165, 1.54) is 24.8 Å². The maximum Gasteiger partial charge on any atom is 0.0728 e. The van der Waals surface area contributed by atoms with Crippen LogP contribution in [0.3, 0.4) is 0 Å². The van der Waals surface area contributed by atoms with Crippen LogP contribution in [0.15, 0.2) is 30.3 Å². The minimum Gasteiger partial charge on any atom is -0.377 e. The van der Waals surface area contributed by atoms with Crippen molar-refractivity contribution in [1.82, 2.24) is 10.2 Å². The summed E-state index contributed by atoms with van der Waals surface area (Å²) in [6.45, 7) is 8.92. The molecule has 2 heterocycles. The first-order chi connectivity index (χ1) is 10.2. The third kappa shape index (κ3) is 3.31. The molecule has 0 saturated carbocycles. The normalized spacial score (nSPS) is 32.8. The number of benzene rings is 1. The summed E-state index contributed by atoms with van der Waals surface area (Å²) in [5, 5.41) is 3.77. The molecule has 3 atom stereocenters. The van der Waals surface area contributed by atoms with Gasteiger partial charge in [0.25, 0.3) is 0 Å². The molecule has 2 aliphatic rings. The second kappa shape index (κ2) is 6.47. The predicted octanol–water partition coefficient (Wildman–Crippen LogP) is 2.76. The van der Waals surface area contributed by atoms with E-state index in [4.69, 9.17) is 4.74 Å². The van der Waals surface area contributed by atoms with Crippen LogP contribution in [-0.2, 0) is 10.3 Å². The summed E-state index contributed by atoms with van der Waals surface area (Å²) in [7, 11) is 0. The van der Waals surface area contributed by atoms with Crippen LogP contribution in [0.4, 0.5) is 0 Å². The van der Waals surface area contributed by atoms with E-state index < -0.39 is 0 Å². The molecular formula is C18H28N2O. The number of rotatable bonds is 3. The van der Waals surface area contributed by atoms with E-state index in [2.05, 4.69) is 54.4 Å². The van der Waals surface area contributed by atoms with E-state index in [-0.39, 0.29) is 5.54 Å².